The van der Waals surface area contributed by atoms with E-state index < -0.39 is 0 Å². The molecule has 16 heavy (non-hydrogen) atoms. The number of rotatable bonds is 3. The van der Waals surface area contributed by atoms with Gasteiger partial charge in [-0.25, -0.2) is 4.98 Å². The van der Waals surface area contributed by atoms with Gasteiger partial charge in [-0.3, -0.25) is 0 Å². The number of anilines is 1. The van der Waals surface area contributed by atoms with E-state index in [4.69, 9.17) is 5.73 Å². The summed E-state index contributed by atoms with van der Waals surface area (Å²) in [6.45, 7) is 3.09. The molecule has 0 saturated heterocycles. The minimum atomic E-state index is 0.439. The lowest BCUT2D eigenvalue weighted by molar-refractivity contribution is 0.338. The molecule has 3 nitrogen and oxygen atoms in total. The molecule has 0 radical (unpaired) electrons. The predicted octanol–water partition coefficient (Wildman–Crippen LogP) is 2.32. The van der Waals surface area contributed by atoms with Crippen molar-refractivity contribution in [2.75, 3.05) is 11.9 Å². The molecule has 3 heteroatoms. The molecule has 0 unspecified atom stereocenters. The molecule has 0 spiro atoms. The summed E-state index contributed by atoms with van der Waals surface area (Å²) >= 11 is 0. The Balaban J connectivity index is 1.77. The van der Waals surface area contributed by atoms with E-state index in [9.17, 15) is 0 Å². The maximum Gasteiger partial charge on any atom is 0.125 e. The fourth-order valence-corrected chi connectivity index (χ4v) is 2.21. The number of hydrogen-bond acceptors (Lipinski definition) is 3. The zero-order valence-electron chi connectivity index (χ0n) is 9.95. The Morgan fingerprint density at radius 1 is 1.31 bits per heavy atom. The van der Waals surface area contributed by atoms with Crippen LogP contribution in [-0.2, 0) is 0 Å². The maximum absolute atomic E-state index is 5.89. The normalized spacial score (nSPS) is 25.4. The van der Waals surface area contributed by atoms with Gasteiger partial charge in [0.1, 0.15) is 5.82 Å². The number of nitrogens with zero attached hydrogens (tertiary/aromatic N) is 1. The van der Waals surface area contributed by atoms with Gasteiger partial charge in [0.05, 0.1) is 0 Å². The number of pyridine rings is 1. The van der Waals surface area contributed by atoms with Gasteiger partial charge in [-0.2, -0.15) is 0 Å². The van der Waals surface area contributed by atoms with Gasteiger partial charge in [-0.05, 0) is 50.2 Å². The molecule has 3 N–H and O–H groups in total. The highest BCUT2D eigenvalue weighted by Crippen LogP contribution is 2.23. The van der Waals surface area contributed by atoms with Crippen molar-refractivity contribution in [3.8, 4) is 0 Å². The highest BCUT2D eigenvalue weighted by molar-refractivity contribution is 5.35. The average molecular weight is 219 g/mol. The third-order valence-electron chi connectivity index (χ3n) is 3.37. The van der Waals surface area contributed by atoms with Gasteiger partial charge >= 0.3 is 0 Å². The molecule has 1 heterocycles. The summed E-state index contributed by atoms with van der Waals surface area (Å²) in [5.41, 5.74) is 7.09. The van der Waals surface area contributed by atoms with Gasteiger partial charge in [0.2, 0.25) is 0 Å². The Morgan fingerprint density at radius 2 is 2.06 bits per heavy atom. The number of nitrogens with one attached hydrogen (secondary N) is 1. The highest BCUT2D eigenvalue weighted by Gasteiger charge is 2.17. The molecule has 1 aliphatic carbocycles. The SMILES string of the molecule is Cc1ccc(NCC2CCC(N)CC2)nc1. The molecule has 2 rings (SSSR count). The van der Waals surface area contributed by atoms with Crippen molar-refractivity contribution in [3.05, 3.63) is 23.9 Å². The van der Waals surface area contributed by atoms with Gasteiger partial charge in [-0.15, -0.1) is 0 Å². The van der Waals surface area contributed by atoms with E-state index >= 15 is 0 Å². The Hall–Kier alpha value is -1.09. The van der Waals surface area contributed by atoms with E-state index in [-0.39, 0.29) is 0 Å². The van der Waals surface area contributed by atoms with Crippen LogP contribution in [0.5, 0.6) is 0 Å². The monoisotopic (exact) mass is 219 g/mol. The first-order valence-electron chi connectivity index (χ1n) is 6.16. The van der Waals surface area contributed by atoms with Crippen LogP contribution in [0.4, 0.5) is 5.82 Å². The molecule has 0 atom stereocenters. The first-order chi connectivity index (χ1) is 7.74. The largest absolute Gasteiger partial charge is 0.370 e. The lowest BCUT2D eigenvalue weighted by Gasteiger charge is -2.26. The molecular weight excluding hydrogens is 198 g/mol. The fourth-order valence-electron chi connectivity index (χ4n) is 2.21. The summed E-state index contributed by atoms with van der Waals surface area (Å²) in [5, 5.41) is 3.40. The lowest BCUT2D eigenvalue weighted by atomic mass is 9.86. The second kappa shape index (κ2) is 5.30. The molecule has 1 saturated carbocycles. The molecule has 0 bridgehead atoms. The molecule has 1 fully saturated rings. The molecule has 1 aromatic rings. The third kappa shape index (κ3) is 3.20. The van der Waals surface area contributed by atoms with Crippen molar-refractivity contribution >= 4 is 5.82 Å². The van der Waals surface area contributed by atoms with Crippen LogP contribution in [0, 0.1) is 12.8 Å². The molecule has 0 aromatic carbocycles. The topological polar surface area (TPSA) is 50.9 Å². The van der Waals surface area contributed by atoms with Gasteiger partial charge in [-0.1, -0.05) is 6.07 Å². The van der Waals surface area contributed by atoms with Crippen LogP contribution in [0.3, 0.4) is 0 Å². The van der Waals surface area contributed by atoms with Crippen molar-refractivity contribution in [2.45, 2.75) is 38.6 Å². The molecule has 1 aromatic heterocycles. The zero-order chi connectivity index (χ0) is 11.4. The number of hydrogen-bond donors (Lipinski definition) is 2. The van der Waals surface area contributed by atoms with Crippen LogP contribution in [0.2, 0.25) is 0 Å². The van der Waals surface area contributed by atoms with Gasteiger partial charge in [0, 0.05) is 18.8 Å². The molecule has 0 amide bonds. The van der Waals surface area contributed by atoms with Crippen molar-refractivity contribution < 1.29 is 0 Å². The van der Waals surface area contributed by atoms with E-state index in [1.54, 1.807) is 0 Å². The molecular formula is C13H21N3. The number of aromatic nitrogens is 1. The second-order valence-electron chi connectivity index (χ2n) is 4.88. The summed E-state index contributed by atoms with van der Waals surface area (Å²) in [6.07, 6.45) is 6.75. The van der Waals surface area contributed by atoms with Crippen LogP contribution < -0.4 is 11.1 Å². The van der Waals surface area contributed by atoms with E-state index in [0.29, 0.717) is 6.04 Å². The summed E-state index contributed by atoms with van der Waals surface area (Å²) < 4.78 is 0. The minimum Gasteiger partial charge on any atom is -0.370 e. The molecule has 88 valence electrons. The van der Waals surface area contributed by atoms with E-state index in [1.165, 1.54) is 31.2 Å². The van der Waals surface area contributed by atoms with Crippen LogP contribution in [0.25, 0.3) is 0 Å². The van der Waals surface area contributed by atoms with Gasteiger partial charge in [0.25, 0.3) is 0 Å². The van der Waals surface area contributed by atoms with Crippen molar-refractivity contribution in [1.82, 2.24) is 4.98 Å². The quantitative estimate of drug-likeness (QED) is 0.820. The van der Waals surface area contributed by atoms with Crippen LogP contribution >= 0.6 is 0 Å². The van der Waals surface area contributed by atoms with Crippen molar-refractivity contribution in [1.29, 1.82) is 0 Å². The number of nitrogens with two attached hydrogens (primary N) is 1. The summed E-state index contributed by atoms with van der Waals surface area (Å²) in [4.78, 5) is 4.34. The third-order valence-corrected chi connectivity index (χ3v) is 3.37. The van der Waals surface area contributed by atoms with Gasteiger partial charge < -0.3 is 11.1 Å². The summed E-state index contributed by atoms with van der Waals surface area (Å²) in [5.74, 6) is 1.75. The Bertz CT molecular complexity index is 312. The fraction of sp³-hybridized carbons (Fsp3) is 0.615. The smallest absolute Gasteiger partial charge is 0.125 e. The number of aryl methyl sites for hydroxylation is 1. The maximum atomic E-state index is 5.89. The van der Waals surface area contributed by atoms with E-state index in [0.717, 1.165) is 18.3 Å². The molecule has 1 aliphatic rings. The van der Waals surface area contributed by atoms with E-state index in [1.807, 2.05) is 12.3 Å². The Labute approximate surface area is 97.5 Å². The minimum absolute atomic E-state index is 0.439. The summed E-state index contributed by atoms with van der Waals surface area (Å²) in [7, 11) is 0. The van der Waals surface area contributed by atoms with Crippen molar-refractivity contribution in [3.63, 3.8) is 0 Å². The lowest BCUT2D eigenvalue weighted by Crippen LogP contribution is -2.29. The standard InChI is InChI=1S/C13H21N3/c1-10-2-7-13(15-8-10)16-9-11-3-5-12(14)6-4-11/h2,7-8,11-12H,3-6,9,14H2,1H3,(H,15,16). The Kier molecular flexibility index (Phi) is 3.78. The van der Waals surface area contributed by atoms with E-state index in [2.05, 4.69) is 23.3 Å². The van der Waals surface area contributed by atoms with Crippen LogP contribution in [0.15, 0.2) is 18.3 Å². The first-order valence-corrected chi connectivity index (χ1v) is 6.16. The first kappa shape index (κ1) is 11.4. The van der Waals surface area contributed by atoms with Crippen LogP contribution in [-0.4, -0.2) is 17.6 Å². The van der Waals surface area contributed by atoms with Crippen molar-refractivity contribution in [2.24, 2.45) is 11.7 Å². The average Bonchev–Trinajstić information content (AvgIpc) is 2.30. The van der Waals surface area contributed by atoms with Gasteiger partial charge in [0.15, 0.2) is 0 Å². The van der Waals surface area contributed by atoms with Crippen LogP contribution in [0.1, 0.15) is 31.2 Å². The predicted molar refractivity (Wildman–Crippen MR) is 67.4 cm³/mol. The highest BCUT2D eigenvalue weighted by atomic mass is 15.0. The summed E-state index contributed by atoms with van der Waals surface area (Å²) in [6, 6.07) is 4.57. The molecule has 0 aliphatic heterocycles. The second-order valence-corrected chi connectivity index (χ2v) is 4.88. The Morgan fingerprint density at radius 3 is 2.69 bits per heavy atom. The zero-order valence-corrected chi connectivity index (χ0v) is 9.95.